The Balaban J connectivity index is 1.11. The smallest absolute Gasteiger partial charge is 0.282 e. The Morgan fingerprint density at radius 3 is 2.67 bits per heavy atom. The number of hydrogen-bond acceptors (Lipinski definition) is 6. The molecule has 2 saturated heterocycles. The first kappa shape index (κ1) is 23.9. The monoisotopic (exact) mass is 547 g/mol. The van der Waals surface area contributed by atoms with Crippen molar-refractivity contribution in [2.45, 2.75) is 43.2 Å². The molecule has 0 radical (unpaired) electrons. The Bertz CT molecular complexity index is 1460. The molecular weight excluding hydrogens is 522 g/mol. The molecule has 12 heteroatoms. The van der Waals surface area contributed by atoms with Gasteiger partial charge in [0.1, 0.15) is 5.03 Å². The number of aromatic nitrogens is 2. The van der Waals surface area contributed by atoms with Crippen LogP contribution in [0.3, 0.4) is 0 Å². The van der Waals surface area contributed by atoms with Crippen molar-refractivity contribution >= 4 is 55.7 Å². The first-order valence-corrected chi connectivity index (χ1v) is 14.8. The highest BCUT2D eigenvalue weighted by Gasteiger charge is 2.35. The molecule has 2 aromatic heterocycles. The summed E-state index contributed by atoms with van der Waals surface area (Å²) in [4.78, 5) is 37.7. The lowest BCUT2D eigenvalue weighted by Gasteiger charge is -2.33. The molecule has 9 nitrogen and oxygen atoms in total. The number of H-pyrrole nitrogens is 1. The summed E-state index contributed by atoms with van der Waals surface area (Å²) in [7, 11) is -3.72. The fourth-order valence-corrected chi connectivity index (χ4v) is 8.16. The number of carbonyl (C=O) groups is 2. The molecule has 4 heterocycles. The zero-order valence-electron chi connectivity index (χ0n) is 19.6. The van der Waals surface area contributed by atoms with Crippen LogP contribution in [0.4, 0.5) is 0 Å². The van der Waals surface area contributed by atoms with Gasteiger partial charge < -0.3 is 14.8 Å². The Kier molecular flexibility index (Phi) is 6.06. The number of halogens is 1. The maximum Gasteiger partial charge on any atom is 0.282 e. The van der Waals surface area contributed by atoms with Crippen LogP contribution in [0.15, 0.2) is 29.3 Å². The van der Waals surface area contributed by atoms with Gasteiger partial charge in [-0.1, -0.05) is 11.6 Å². The second-order valence-electron chi connectivity index (χ2n) is 9.54. The molecule has 2 fully saturated rings. The Morgan fingerprint density at radius 1 is 1.11 bits per heavy atom. The number of nitrogens with zero attached hydrogens (tertiary/aromatic N) is 4. The van der Waals surface area contributed by atoms with Crippen LogP contribution >= 0.6 is 22.9 Å². The van der Waals surface area contributed by atoms with Gasteiger partial charge in [-0.05, 0) is 43.5 Å². The van der Waals surface area contributed by atoms with Gasteiger partial charge in [0, 0.05) is 72.4 Å². The van der Waals surface area contributed by atoms with Crippen molar-refractivity contribution in [3.05, 3.63) is 44.9 Å². The van der Waals surface area contributed by atoms with Gasteiger partial charge in [0.15, 0.2) is 5.01 Å². The molecule has 1 N–H and O–H groups in total. The number of piperazine rings is 1. The number of rotatable bonds is 4. The summed E-state index contributed by atoms with van der Waals surface area (Å²) >= 11 is 7.45. The van der Waals surface area contributed by atoms with Crippen molar-refractivity contribution < 1.29 is 18.0 Å². The summed E-state index contributed by atoms with van der Waals surface area (Å²) in [5.41, 5.74) is 1.67. The van der Waals surface area contributed by atoms with Crippen molar-refractivity contribution in [1.82, 2.24) is 24.1 Å². The molecule has 6 rings (SSSR count). The molecule has 0 spiro atoms. The number of fused-ring (bicyclic) bond motifs is 2. The van der Waals surface area contributed by atoms with Gasteiger partial charge in [-0.2, -0.15) is 4.31 Å². The van der Waals surface area contributed by atoms with Crippen molar-refractivity contribution in [2.24, 2.45) is 0 Å². The fourth-order valence-electron chi connectivity index (χ4n) is 5.39. The van der Waals surface area contributed by atoms with E-state index in [4.69, 9.17) is 11.6 Å². The highest BCUT2D eigenvalue weighted by Crippen LogP contribution is 2.32. The van der Waals surface area contributed by atoms with Crippen molar-refractivity contribution in [3.63, 3.8) is 0 Å². The molecule has 1 aromatic carbocycles. The molecule has 1 atom stereocenters. The van der Waals surface area contributed by atoms with Crippen LogP contribution in [0.1, 0.15) is 39.6 Å². The summed E-state index contributed by atoms with van der Waals surface area (Å²) in [6.07, 6.45) is 3.96. The Hall–Kier alpha value is -2.47. The minimum Gasteiger partial charge on any atom is -0.345 e. The molecule has 36 heavy (non-hydrogen) atoms. The number of carbonyl (C=O) groups excluding carboxylic acids is 2. The lowest BCUT2D eigenvalue weighted by Crippen LogP contribution is -2.50. The summed E-state index contributed by atoms with van der Waals surface area (Å²) in [6, 6.07) is 6.99. The number of aromatic amines is 1. The molecule has 190 valence electrons. The third-order valence-corrected chi connectivity index (χ3v) is 10.5. The molecule has 3 aliphatic rings. The number of likely N-dealkylation sites (tertiary alicyclic amines) is 1. The average Bonchev–Trinajstić information content (AvgIpc) is 3.60. The van der Waals surface area contributed by atoms with Gasteiger partial charge in [0.05, 0.1) is 5.69 Å². The number of amides is 2. The number of nitrogens with one attached hydrogen (secondary N) is 1. The first-order chi connectivity index (χ1) is 17.3. The summed E-state index contributed by atoms with van der Waals surface area (Å²) in [5.74, 6) is 0.0776. The van der Waals surface area contributed by atoms with Gasteiger partial charge in [0.2, 0.25) is 5.91 Å². The molecule has 2 aliphatic heterocycles. The second-order valence-corrected chi connectivity index (χ2v) is 13.0. The van der Waals surface area contributed by atoms with E-state index in [0.29, 0.717) is 35.1 Å². The highest BCUT2D eigenvalue weighted by atomic mass is 35.5. The minimum atomic E-state index is -3.72. The number of benzene rings is 1. The third kappa shape index (κ3) is 4.21. The van der Waals surface area contributed by atoms with E-state index in [1.165, 1.54) is 15.6 Å². The van der Waals surface area contributed by atoms with E-state index in [0.717, 1.165) is 48.2 Å². The standard InChI is InChI=1S/C24H26ClN5O4S2/c25-16-3-5-18-15(12-16)13-21(26-18)36(33,34)29-10-8-28(9-11-29)24(32)23-27-19-6-4-17(14-20(19)35-23)30-7-1-2-22(30)31/h3,5,12-13,17,26H,1-2,4,6-11,14H2. The first-order valence-electron chi connectivity index (χ1n) is 12.2. The van der Waals surface area contributed by atoms with E-state index in [-0.39, 0.29) is 36.0 Å². The fraction of sp³-hybridized carbons (Fsp3) is 0.458. The SMILES string of the molecule is O=C(c1nc2c(s1)CC(N1CCCC1=O)CC2)N1CCN(S(=O)(=O)c2cc3cc(Cl)ccc3[nH]2)CC1. The lowest BCUT2D eigenvalue weighted by molar-refractivity contribution is -0.129. The van der Waals surface area contributed by atoms with E-state index < -0.39 is 10.0 Å². The van der Waals surface area contributed by atoms with Crippen LogP contribution in [-0.4, -0.2) is 83.1 Å². The summed E-state index contributed by atoms with van der Waals surface area (Å²) in [5, 5.41) is 1.86. The van der Waals surface area contributed by atoms with E-state index in [9.17, 15) is 18.0 Å². The van der Waals surface area contributed by atoms with Gasteiger partial charge in [-0.3, -0.25) is 9.59 Å². The quantitative estimate of drug-likeness (QED) is 0.540. The number of sulfonamides is 1. The molecular formula is C24H26ClN5O4S2. The zero-order valence-corrected chi connectivity index (χ0v) is 22.0. The molecule has 0 bridgehead atoms. The molecule has 0 saturated carbocycles. The third-order valence-electron chi connectivity index (χ3n) is 7.35. The van der Waals surface area contributed by atoms with E-state index in [1.54, 1.807) is 29.2 Å². The van der Waals surface area contributed by atoms with Gasteiger partial charge in [0.25, 0.3) is 15.9 Å². The predicted octanol–water partition coefficient (Wildman–Crippen LogP) is 2.90. The largest absolute Gasteiger partial charge is 0.345 e. The average molecular weight is 548 g/mol. The van der Waals surface area contributed by atoms with Crippen LogP contribution in [0.5, 0.6) is 0 Å². The Morgan fingerprint density at radius 2 is 1.92 bits per heavy atom. The van der Waals surface area contributed by atoms with Gasteiger partial charge >= 0.3 is 0 Å². The van der Waals surface area contributed by atoms with Crippen molar-refractivity contribution in [1.29, 1.82) is 0 Å². The second kappa shape index (κ2) is 9.13. The van der Waals surface area contributed by atoms with Crippen LogP contribution in [0.25, 0.3) is 10.9 Å². The highest BCUT2D eigenvalue weighted by molar-refractivity contribution is 7.89. The van der Waals surface area contributed by atoms with Crippen molar-refractivity contribution in [2.75, 3.05) is 32.7 Å². The Labute approximate surface area is 218 Å². The van der Waals surface area contributed by atoms with E-state index in [1.807, 2.05) is 4.90 Å². The van der Waals surface area contributed by atoms with Gasteiger partial charge in [-0.25, -0.2) is 13.4 Å². The maximum absolute atomic E-state index is 13.2. The van der Waals surface area contributed by atoms with Gasteiger partial charge in [-0.15, -0.1) is 11.3 Å². The number of thiazole rings is 1. The molecule has 2 amide bonds. The van der Waals surface area contributed by atoms with Crippen LogP contribution in [-0.2, 0) is 27.7 Å². The molecule has 3 aromatic rings. The summed E-state index contributed by atoms with van der Waals surface area (Å²) < 4.78 is 27.8. The zero-order chi connectivity index (χ0) is 25.0. The van der Waals surface area contributed by atoms with E-state index in [2.05, 4.69) is 9.97 Å². The van der Waals surface area contributed by atoms with Crippen LogP contribution in [0.2, 0.25) is 5.02 Å². The van der Waals surface area contributed by atoms with E-state index >= 15 is 0 Å². The van der Waals surface area contributed by atoms with Crippen LogP contribution < -0.4 is 0 Å². The topological polar surface area (TPSA) is 107 Å². The number of hydrogen-bond donors (Lipinski definition) is 1. The van der Waals surface area contributed by atoms with Crippen molar-refractivity contribution in [3.8, 4) is 0 Å². The lowest BCUT2D eigenvalue weighted by atomic mass is 9.96. The summed E-state index contributed by atoms with van der Waals surface area (Å²) in [6.45, 7) is 1.87. The predicted molar refractivity (Wildman–Crippen MR) is 137 cm³/mol. The molecule has 1 aliphatic carbocycles. The van der Waals surface area contributed by atoms with Crippen LogP contribution in [0, 0.1) is 0 Å². The maximum atomic E-state index is 13.2. The normalized spacial score (nSPS) is 21.4. The minimum absolute atomic E-state index is 0.123. The number of aryl methyl sites for hydroxylation is 1. The molecule has 1 unspecified atom stereocenters.